The molecule has 0 bridgehead atoms. The second kappa shape index (κ2) is 8.99. The molecule has 6 atom stereocenters. The van der Waals surface area contributed by atoms with Crippen molar-refractivity contribution in [1.82, 2.24) is 20.9 Å². The van der Waals surface area contributed by atoms with Gasteiger partial charge in [0, 0.05) is 19.0 Å². The van der Waals surface area contributed by atoms with Crippen LogP contribution in [0.5, 0.6) is 0 Å². The van der Waals surface area contributed by atoms with Gasteiger partial charge in [-0.3, -0.25) is 19.2 Å². The number of carbonyl (C=O) groups excluding carboxylic acids is 4. The Morgan fingerprint density at radius 1 is 1.23 bits per heavy atom. The van der Waals surface area contributed by atoms with Crippen LogP contribution in [0.2, 0.25) is 0 Å². The lowest BCUT2D eigenvalue weighted by atomic mass is 9.85. The number of halogens is 3. The largest absolute Gasteiger partial charge is 0.471 e. The van der Waals surface area contributed by atoms with Crippen molar-refractivity contribution in [1.29, 1.82) is 5.26 Å². The molecule has 0 aromatic carbocycles. The molecule has 3 fully saturated rings. The zero-order chi connectivity index (χ0) is 26.5. The van der Waals surface area contributed by atoms with E-state index in [0.717, 1.165) is 0 Å². The maximum atomic E-state index is 13.5. The Morgan fingerprint density at radius 2 is 1.86 bits per heavy atom. The number of alkyl halides is 3. The predicted octanol–water partition coefficient (Wildman–Crippen LogP) is 1.10. The van der Waals surface area contributed by atoms with Gasteiger partial charge < -0.3 is 20.9 Å². The van der Waals surface area contributed by atoms with E-state index in [4.69, 9.17) is 0 Å². The molecule has 0 unspecified atom stereocenters. The molecule has 35 heavy (non-hydrogen) atoms. The Morgan fingerprint density at radius 3 is 2.34 bits per heavy atom. The third kappa shape index (κ3) is 5.23. The van der Waals surface area contributed by atoms with Crippen LogP contribution in [0.1, 0.15) is 47.5 Å². The number of fused-ring (bicyclic) bond motifs is 1. The van der Waals surface area contributed by atoms with Crippen molar-refractivity contribution in [2.24, 2.45) is 28.6 Å². The Labute approximate surface area is 202 Å². The summed E-state index contributed by atoms with van der Waals surface area (Å²) in [5, 5.41) is 16.7. The van der Waals surface area contributed by atoms with Crippen LogP contribution in [0.15, 0.2) is 0 Å². The molecule has 9 nitrogen and oxygen atoms in total. The van der Waals surface area contributed by atoms with Gasteiger partial charge in [-0.05, 0) is 35.5 Å². The number of rotatable bonds is 6. The second-order valence-corrected chi connectivity index (χ2v) is 11.4. The second-order valence-electron chi connectivity index (χ2n) is 11.4. The molecule has 1 aliphatic carbocycles. The minimum absolute atomic E-state index is 0.0396. The lowest BCUT2D eigenvalue weighted by Crippen LogP contribution is -2.61. The lowest BCUT2D eigenvalue weighted by Gasteiger charge is -2.37. The van der Waals surface area contributed by atoms with Crippen molar-refractivity contribution in [3.63, 3.8) is 0 Å². The predicted molar refractivity (Wildman–Crippen MR) is 117 cm³/mol. The molecular formula is C23H32F3N5O4. The fourth-order valence-electron chi connectivity index (χ4n) is 5.40. The summed E-state index contributed by atoms with van der Waals surface area (Å²) in [6, 6.07) is -1.48. The molecule has 4 amide bonds. The van der Waals surface area contributed by atoms with E-state index in [2.05, 4.69) is 10.6 Å². The fourth-order valence-corrected chi connectivity index (χ4v) is 5.40. The highest BCUT2D eigenvalue weighted by Crippen LogP contribution is 2.65. The summed E-state index contributed by atoms with van der Waals surface area (Å²) in [4.78, 5) is 51.6. The molecule has 3 aliphatic rings. The fraction of sp³-hybridized carbons (Fsp3) is 0.783. The summed E-state index contributed by atoms with van der Waals surface area (Å²) < 4.78 is 38.8. The molecule has 194 valence electrons. The van der Waals surface area contributed by atoms with Crippen molar-refractivity contribution >= 4 is 23.6 Å². The number of hydrogen-bond donors (Lipinski definition) is 3. The number of piperidine rings is 1. The first-order valence-corrected chi connectivity index (χ1v) is 11.7. The highest BCUT2D eigenvalue weighted by Gasteiger charge is 2.70. The number of nitrogens with zero attached hydrogens (tertiary/aromatic N) is 2. The SMILES string of the molecule is CC(C)(C)[C@@H](NC(=O)C(F)(F)F)C(=O)N1C[C@H]2[C@@H]([C@H]1C(=O)N[C@@H](C#N)C[C@@H]1CCNC1=O)C2(C)C. The molecule has 0 aromatic heterocycles. The van der Waals surface area contributed by atoms with Gasteiger partial charge in [-0.15, -0.1) is 0 Å². The average Bonchev–Trinajstić information content (AvgIpc) is 3.10. The molecule has 12 heteroatoms. The summed E-state index contributed by atoms with van der Waals surface area (Å²) in [7, 11) is 0. The van der Waals surface area contributed by atoms with Crippen LogP contribution in [-0.4, -0.2) is 65.9 Å². The summed E-state index contributed by atoms with van der Waals surface area (Å²) in [5.74, 6) is -4.46. The maximum absolute atomic E-state index is 13.5. The molecule has 1 saturated carbocycles. The number of hydrogen-bond acceptors (Lipinski definition) is 5. The quantitative estimate of drug-likeness (QED) is 0.504. The van der Waals surface area contributed by atoms with Crippen LogP contribution in [0.4, 0.5) is 13.2 Å². The van der Waals surface area contributed by atoms with Gasteiger partial charge in [-0.25, -0.2) is 0 Å². The normalized spacial score (nSPS) is 28.9. The smallest absolute Gasteiger partial charge is 0.356 e. The van der Waals surface area contributed by atoms with Crippen molar-refractivity contribution in [3.05, 3.63) is 0 Å². The number of carbonyl (C=O) groups is 4. The molecule has 0 radical (unpaired) electrons. The average molecular weight is 500 g/mol. The van der Waals surface area contributed by atoms with Gasteiger partial charge in [0.1, 0.15) is 18.1 Å². The van der Waals surface area contributed by atoms with Gasteiger partial charge in [-0.1, -0.05) is 34.6 Å². The van der Waals surface area contributed by atoms with E-state index >= 15 is 0 Å². The monoisotopic (exact) mass is 499 g/mol. The Bertz CT molecular complexity index is 952. The van der Waals surface area contributed by atoms with Crippen LogP contribution in [0, 0.1) is 39.9 Å². The molecule has 2 aliphatic heterocycles. The molecule has 3 rings (SSSR count). The highest BCUT2D eigenvalue weighted by molar-refractivity contribution is 5.95. The van der Waals surface area contributed by atoms with E-state index in [1.54, 1.807) is 5.32 Å². The first kappa shape index (κ1) is 26.8. The summed E-state index contributed by atoms with van der Waals surface area (Å²) in [5.41, 5.74) is -1.33. The van der Waals surface area contributed by atoms with Gasteiger partial charge in [-0.2, -0.15) is 18.4 Å². The Hall–Kier alpha value is -2.84. The van der Waals surface area contributed by atoms with Crippen molar-refractivity contribution < 1.29 is 32.3 Å². The van der Waals surface area contributed by atoms with E-state index in [9.17, 15) is 37.6 Å². The van der Waals surface area contributed by atoms with Crippen LogP contribution in [0.25, 0.3) is 0 Å². The van der Waals surface area contributed by atoms with Crippen LogP contribution >= 0.6 is 0 Å². The van der Waals surface area contributed by atoms with Gasteiger partial charge in [0.15, 0.2) is 0 Å². The summed E-state index contributed by atoms with van der Waals surface area (Å²) in [6.07, 6.45) is -4.49. The number of nitriles is 1. The van der Waals surface area contributed by atoms with Crippen LogP contribution < -0.4 is 16.0 Å². The van der Waals surface area contributed by atoms with Crippen molar-refractivity contribution in [3.8, 4) is 6.07 Å². The van der Waals surface area contributed by atoms with Crippen LogP contribution in [-0.2, 0) is 19.2 Å². The van der Waals surface area contributed by atoms with Gasteiger partial charge in [0.2, 0.25) is 17.7 Å². The molecule has 3 N–H and O–H groups in total. The van der Waals surface area contributed by atoms with Crippen LogP contribution in [0.3, 0.4) is 0 Å². The number of amides is 4. The zero-order valence-corrected chi connectivity index (χ0v) is 20.5. The summed E-state index contributed by atoms with van der Waals surface area (Å²) in [6.45, 7) is 9.13. The molecule has 0 aromatic rings. The Balaban J connectivity index is 1.81. The molecular weight excluding hydrogens is 467 g/mol. The zero-order valence-electron chi connectivity index (χ0n) is 20.5. The molecule has 2 saturated heterocycles. The Kier molecular flexibility index (Phi) is 6.87. The van der Waals surface area contributed by atoms with Crippen molar-refractivity contribution in [2.75, 3.05) is 13.1 Å². The van der Waals surface area contributed by atoms with Gasteiger partial charge >= 0.3 is 12.1 Å². The first-order chi connectivity index (χ1) is 16.0. The van der Waals surface area contributed by atoms with Crippen molar-refractivity contribution in [2.45, 2.75) is 71.8 Å². The van der Waals surface area contributed by atoms with E-state index in [1.807, 2.05) is 19.9 Å². The topological polar surface area (TPSA) is 131 Å². The van der Waals surface area contributed by atoms with Gasteiger partial charge in [0.05, 0.1) is 6.07 Å². The van der Waals surface area contributed by atoms with Gasteiger partial charge in [0.25, 0.3) is 0 Å². The summed E-state index contributed by atoms with van der Waals surface area (Å²) >= 11 is 0. The standard InChI is InChI=1S/C23H32F3N5O4/c1-21(2,3)16(30-20(35)23(24,25)26)19(34)31-10-13-14(22(13,4)5)15(31)18(33)29-12(9-27)8-11-6-7-28-17(11)32/h11-16H,6-8,10H2,1-5H3,(H,28,32)(H,29,33)(H,30,35)/t11-,12+,13-,14-,15-,16-/m0/s1. The third-order valence-electron chi connectivity index (χ3n) is 7.56. The number of likely N-dealkylation sites (tertiary alicyclic amines) is 1. The minimum atomic E-state index is -5.16. The first-order valence-electron chi connectivity index (χ1n) is 11.7. The van der Waals surface area contributed by atoms with E-state index < -0.39 is 53.4 Å². The van der Waals surface area contributed by atoms with E-state index in [-0.39, 0.29) is 36.1 Å². The minimum Gasteiger partial charge on any atom is -0.356 e. The number of nitrogens with one attached hydrogen (secondary N) is 3. The third-order valence-corrected chi connectivity index (χ3v) is 7.56. The lowest BCUT2D eigenvalue weighted by molar-refractivity contribution is -0.176. The van der Waals surface area contributed by atoms with E-state index in [0.29, 0.717) is 13.0 Å². The highest BCUT2D eigenvalue weighted by atomic mass is 19.4. The maximum Gasteiger partial charge on any atom is 0.471 e. The molecule has 0 spiro atoms. The van der Waals surface area contributed by atoms with E-state index in [1.165, 1.54) is 25.7 Å². The molecule has 2 heterocycles.